The monoisotopic (exact) mass is 513 g/mol. The number of amides is 1. The van der Waals surface area contributed by atoms with Crippen LogP contribution in [-0.2, 0) is 22.8 Å². The predicted octanol–water partition coefficient (Wildman–Crippen LogP) is 4.04. The van der Waals surface area contributed by atoms with Crippen molar-refractivity contribution >= 4 is 26.9 Å². The maximum Gasteiger partial charge on any atom is 0.524 e. The lowest BCUT2D eigenvalue weighted by Gasteiger charge is -2.34. The third-order valence-electron chi connectivity index (χ3n) is 4.80. The van der Waals surface area contributed by atoms with E-state index in [1.807, 2.05) is 27.7 Å². The maximum atomic E-state index is 12.4. The molecule has 1 unspecified atom stereocenters. The Morgan fingerprint density at radius 1 is 1.00 bits per heavy atom. The van der Waals surface area contributed by atoms with E-state index in [-0.39, 0.29) is 6.61 Å². The van der Waals surface area contributed by atoms with Gasteiger partial charge < -0.3 is 37.9 Å². The second-order valence-electron chi connectivity index (χ2n) is 7.28. The summed E-state index contributed by atoms with van der Waals surface area (Å²) in [6, 6.07) is 5.16. The van der Waals surface area contributed by atoms with Gasteiger partial charge in [-0.1, -0.05) is 13.0 Å². The first-order valence-corrected chi connectivity index (χ1v) is 13.7. The van der Waals surface area contributed by atoms with Crippen molar-refractivity contribution in [3.05, 3.63) is 29.8 Å². The molecule has 1 atom stereocenters. The Kier molecular flexibility index (Phi) is 14.7. The summed E-state index contributed by atoms with van der Waals surface area (Å²) in [5.41, 5.74) is 0.283. The van der Waals surface area contributed by atoms with E-state index < -0.39 is 26.5 Å². The molecule has 35 heavy (non-hydrogen) atoms. The molecular formula is C24H39NO9Si. The minimum atomic E-state index is -3.09. The van der Waals surface area contributed by atoms with Crippen molar-refractivity contribution in [2.45, 2.75) is 52.6 Å². The first-order valence-electron chi connectivity index (χ1n) is 11.9. The van der Waals surface area contributed by atoms with E-state index in [0.717, 1.165) is 6.08 Å². The van der Waals surface area contributed by atoms with Crippen LogP contribution in [0.5, 0.6) is 11.5 Å². The molecule has 0 aromatic heterocycles. The summed E-state index contributed by atoms with van der Waals surface area (Å²) in [4.78, 5) is 23.0. The number of aliphatic carboxylic acids is 1. The summed E-state index contributed by atoms with van der Waals surface area (Å²) < 4.78 is 34.1. The van der Waals surface area contributed by atoms with E-state index in [2.05, 4.69) is 5.32 Å². The highest BCUT2D eigenvalue weighted by Gasteiger charge is 2.49. The molecule has 0 saturated carbocycles. The number of alkyl carbamates (subject to hydrolysis) is 1. The van der Waals surface area contributed by atoms with Crippen molar-refractivity contribution < 1.29 is 42.2 Å². The molecule has 2 N–H and O–H groups in total. The van der Waals surface area contributed by atoms with Crippen molar-refractivity contribution in [3.8, 4) is 11.5 Å². The molecule has 0 bridgehead atoms. The number of benzene rings is 1. The van der Waals surface area contributed by atoms with E-state index in [9.17, 15) is 9.59 Å². The zero-order valence-electron chi connectivity index (χ0n) is 21.3. The lowest BCUT2D eigenvalue weighted by Crippen LogP contribution is -2.62. The standard InChI is InChI=1S/C24H39NO9Si/c1-6-22(35(32-7-2,33-8-3)34-9-4)25-24(28)31-17-11-10-16-30-20-14-12-19(13-15-23(26)27)18-21(20)29-5/h12-15,18,22H,6-11,16-17H2,1-5H3,(H,25,28)(H,26,27)/b15-13+. The van der Waals surface area contributed by atoms with Crippen LogP contribution in [0.4, 0.5) is 4.79 Å². The molecule has 0 fully saturated rings. The van der Waals surface area contributed by atoms with Gasteiger partial charge in [-0.15, -0.1) is 0 Å². The smallest absolute Gasteiger partial charge is 0.493 e. The molecule has 1 amide bonds. The highest BCUT2D eigenvalue weighted by Crippen LogP contribution is 2.28. The molecule has 11 heteroatoms. The molecule has 0 radical (unpaired) electrons. The average Bonchev–Trinajstić information content (AvgIpc) is 2.84. The summed E-state index contributed by atoms with van der Waals surface area (Å²) in [7, 11) is -1.57. The largest absolute Gasteiger partial charge is 0.524 e. The van der Waals surface area contributed by atoms with Gasteiger partial charge in [0.05, 0.1) is 20.3 Å². The number of hydrogen-bond acceptors (Lipinski definition) is 8. The minimum absolute atomic E-state index is 0.230. The van der Waals surface area contributed by atoms with Crippen LogP contribution in [0.2, 0.25) is 0 Å². The molecule has 198 valence electrons. The normalized spacial score (nSPS) is 12.4. The van der Waals surface area contributed by atoms with Gasteiger partial charge in [-0.3, -0.25) is 0 Å². The molecule has 0 aliphatic rings. The number of nitrogens with one attached hydrogen (secondary N) is 1. The van der Waals surface area contributed by atoms with Crippen LogP contribution in [0.15, 0.2) is 24.3 Å². The fraction of sp³-hybridized carbons (Fsp3) is 0.583. The Hall–Kier alpha value is -2.60. The third kappa shape index (κ3) is 10.7. The van der Waals surface area contributed by atoms with Crippen molar-refractivity contribution in [1.82, 2.24) is 5.32 Å². The first-order chi connectivity index (χ1) is 16.8. The van der Waals surface area contributed by atoms with Gasteiger partial charge in [0.25, 0.3) is 0 Å². The van der Waals surface area contributed by atoms with Crippen molar-refractivity contribution in [2.24, 2.45) is 0 Å². The Labute approximate surface area is 208 Å². The Balaban J connectivity index is 2.49. The lowest BCUT2D eigenvalue weighted by molar-refractivity contribution is -0.131. The van der Waals surface area contributed by atoms with E-state index in [0.29, 0.717) is 62.8 Å². The Morgan fingerprint density at radius 3 is 2.17 bits per heavy atom. The molecule has 1 aromatic rings. The van der Waals surface area contributed by atoms with Crippen LogP contribution in [0.3, 0.4) is 0 Å². The molecule has 1 rings (SSSR count). The third-order valence-corrected chi connectivity index (χ3v) is 8.28. The molecule has 0 aliphatic carbocycles. The molecule has 0 saturated heterocycles. The molecule has 0 aliphatic heterocycles. The maximum absolute atomic E-state index is 12.4. The van der Waals surface area contributed by atoms with E-state index in [4.69, 9.17) is 32.6 Å². The molecule has 0 spiro atoms. The van der Waals surface area contributed by atoms with Gasteiger partial charge in [0.1, 0.15) is 5.67 Å². The number of rotatable bonds is 18. The van der Waals surface area contributed by atoms with Crippen LogP contribution in [0.25, 0.3) is 6.08 Å². The van der Waals surface area contributed by atoms with E-state index in [1.165, 1.54) is 13.2 Å². The lowest BCUT2D eigenvalue weighted by atomic mass is 10.2. The van der Waals surface area contributed by atoms with E-state index in [1.54, 1.807) is 18.2 Å². The van der Waals surface area contributed by atoms with Crippen LogP contribution in [0, 0.1) is 0 Å². The van der Waals surface area contributed by atoms with Crippen LogP contribution < -0.4 is 14.8 Å². The van der Waals surface area contributed by atoms with Crippen molar-refractivity contribution in [3.63, 3.8) is 0 Å². The predicted molar refractivity (Wildman–Crippen MR) is 134 cm³/mol. The molecular weight excluding hydrogens is 474 g/mol. The number of carbonyl (C=O) groups excluding carboxylic acids is 1. The molecule has 1 aromatic carbocycles. The number of ether oxygens (including phenoxy) is 3. The summed E-state index contributed by atoms with van der Waals surface area (Å²) in [6.07, 6.45) is 3.84. The fourth-order valence-electron chi connectivity index (χ4n) is 3.28. The molecule has 0 heterocycles. The Morgan fingerprint density at radius 2 is 1.63 bits per heavy atom. The van der Waals surface area contributed by atoms with Crippen molar-refractivity contribution in [1.29, 1.82) is 0 Å². The average molecular weight is 514 g/mol. The summed E-state index contributed by atoms with van der Waals surface area (Å²) in [5, 5.41) is 11.6. The number of hydrogen-bond donors (Lipinski definition) is 2. The summed E-state index contributed by atoms with van der Waals surface area (Å²) in [5.74, 6) is 0.0301. The zero-order valence-corrected chi connectivity index (χ0v) is 22.3. The highest BCUT2D eigenvalue weighted by molar-refractivity contribution is 6.62. The first kappa shape index (κ1) is 30.4. The minimum Gasteiger partial charge on any atom is -0.493 e. The topological polar surface area (TPSA) is 122 Å². The Bertz CT molecular complexity index is 786. The quantitative estimate of drug-likeness (QED) is 0.170. The second kappa shape index (κ2) is 16.9. The number of carbonyl (C=O) groups is 2. The number of carboxylic acid groups (broad SMARTS) is 1. The molecule has 10 nitrogen and oxygen atoms in total. The number of unbranched alkanes of at least 4 members (excludes halogenated alkanes) is 1. The van der Waals surface area contributed by atoms with Gasteiger partial charge in [0.15, 0.2) is 11.5 Å². The zero-order chi connectivity index (χ0) is 26.1. The van der Waals surface area contributed by atoms with Gasteiger partial charge in [-0.05, 0) is 63.8 Å². The van der Waals surface area contributed by atoms with Gasteiger partial charge in [0.2, 0.25) is 0 Å². The van der Waals surface area contributed by atoms with Gasteiger partial charge in [-0.2, -0.15) is 0 Å². The van der Waals surface area contributed by atoms with E-state index >= 15 is 0 Å². The van der Waals surface area contributed by atoms with Crippen LogP contribution >= 0.6 is 0 Å². The SMILES string of the molecule is CCO[Si](OCC)(OCC)C(CC)NC(=O)OCCCCOc1ccc(/C=C/C(=O)O)cc1OC. The van der Waals surface area contributed by atoms with Gasteiger partial charge in [0, 0.05) is 25.9 Å². The van der Waals surface area contributed by atoms with Crippen LogP contribution in [0.1, 0.15) is 52.5 Å². The number of methoxy groups -OCH3 is 1. The van der Waals surface area contributed by atoms with Gasteiger partial charge in [-0.25, -0.2) is 9.59 Å². The fourth-order valence-corrected chi connectivity index (χ4v) is 6.14. The summed E-state index contributed by atoms with van der Waals surface area (Å²) >= 11 is 0. The van der Waals surface area contributed by atoms with Crippen LogP contribution in [-0.4, -0.2) is 71.8 Å². The van der Waals surface area contributed by atoms with Gasteiger partial charge >= 0.3 is 20.9 Å². The summed E-state index contributed by atoms with van der Waals surface area (Å²) in [6.45, 7) is 9.44. The second-order valence-corrected chi connectivity index (χ2v) is 10.1. The highest BCUT2D eigenvalue weighted by atomic mass is 28.4. The number of carboxylic acids is 1. The van der Waals surface area contributed by atoms with Crippen molar-refractivity contribution in [2.75, 3.05) is 40.1 Å².